The van der Waals surface area contributed by atoms with Crippen LogP contribution in [0.5, 0.6) is 0 Å². The van der Waals surface area contributed by atoms with E-state index in [2.05, 4.69) is 247 Å². The van der Waals surface area contributed by atoms with Gasteiger partial charge in [0.1, 0.15) is 5.82 Å². The van der Waals surface area contributed by atoms with Crippen molar-refractivity contribution in [2.45, 2.75) is 44.9 Å². The molecule has 0 aliphatic heterocycles. The van der Waals surface area contributed by atoms with Crippen LogP contribution in [0.1, 0.15) is 61.1 Å². The molecule has 0 spiro atoms. The Morgan fingerprint density at radius 3 is 0.770 bits per heavy atom. The van der Waals surface area contributed by atoms with Gasteiger partial charge in [0.2, 0.25) is 5.28 Å². The zero-order valence-electron chi connectivity index (χ0n) is 81.0. The number of hydrogen-bond acceptors (Lipinski definition) is 15. The lowest BCUT2D eigenvalue weighted by molar-refractivity contribution is 0.630. The molecule has 0 atom stereocenters. The van der Waals surface area contributed by atoms with E-state index in [-0.39, 0.29) is 27.5 Å². The second kappa shape index (κ2) is 39.4. The zero-order valence-corrected chi connectivity index (χ0v) is 81.8. The highest BCUT2D eigenvalue weighted by molar-refractivity contribution is 6.28. The summed E-state index contributed by atoms with van der Waals surface area (Å²) >= 11 is 5.99. The largest absolute Gasteiger partial charge is 0.309 e. The molecule has 148 heavy (non-hydrogen) atoms. The molecule has 704 valence electrons. The third-order valence-corrected chi connectivity index (χ3v) is 27.7. The van der Waals surface area contributed by atoms with Crippen molar-refractivity contribution < 1.29 is 4.39 Å². The molecule has 0 N–H and O–H groups in total. The van der Waals surface area contributed by atoms with Crippen LogP contribution >= 0.6 is 11.6 Å². The van der Waals surface area contributed by atoms with Crippen LogP contribution in [0, 0.1) is 5.82 Å². The number of nitrogens with zero attached hydrogens (tertiary/aromatic N) is 16. The van der Waals surface area contributed by atoms with Crippen LogP contribution < -0.4 is 0 Å². The lowest BCUT2D eigenvalue weighted by Crippen LogP contribution is -2.15. The standard InChI is InChI=1S/C57H39N7.C45H31FN6.C15H10ClN3.C13H10/c1-57(2)46-27-15-12-24-41(46)42-32-30-40(35-47(42)57)55-60-51(36-18-6-3-7-19-36)59-54(61-55)39-31-33-50(64-48-28-16-13-25-43(48)44-26-14-17-29-49(44)64)45(34-39)56-62-52(37-20-8-4-9-21-37)58-53(63-56)38-22-10-5-11-23-38;1-45(2)36-21-13-12-20-33(36)34-24-22-32(27-37(34)45)43-49-39(28-14-6-3-7-15-28)48-42(50-43)31-23-25-38(46)35(26-31)44-51-40(29-16-8-4-9-17-29)47-41(52-44)30-18-10-5-11-19-30;16-15-18-13(11-7-3-1-4-8-11)17-14(19-15)12-9-5-2-6-10-12;1-3-7-12-10(5-1)9-11-6-2-4-8-13(11)12/h3-35H,1-2H3;3-27H,1-2H3;1-10H;1-8H,9H2. The van der Waals surface area contributed by atoms with Crippen LogP contribution in [-0.2, 0) is 17.3 Å². The molecule has 3 aliphatic carbocycles. The topological polar surface area (TPSA) is 198 Å². The molecule has 18 heteroatoms. The van der Waals surface area contributed by atoms with Gasteiger partial charge in [-0.1, -0.05) is 428 Å². The van der Waals surface area contributed by atoms with Crippen LogP contribution in [0.2, 0.25) is 5.28 Å². The first kappa shape index (κ1) is 91.5. The molecule has 6 aromatic heterocycles. The van der Waals surface area contributed by atoms with E-state index in [1.165, 1.54) is 72.8 Å². The number of aromatic nitrogens is 16. The summed E-state index contributed by atoms with van der Waals surface area (Å²) in [6, 6.07) is 155. The quantitative estimate of drug-likeness (QED) is 0.0938. The molecule has 0 saturated heterocycles. The Hall–Kier alpha value is -19.0. The average Bonchev–Trinajstić information content (AvgIpc) is 1.58. The molecule has 0 saturated carbocycles. The molecule has 3 aliphatic rings. The maximum Gasteiger partial charge on any atom is 0.226 e. The van der Waals surface area contributed by atoms with E-state index in [0.717, 1.165) is 101 Å². The molecular weight excluding hydrogens is 1840 g/mol. The van der Waals surface area contributed by atoms with Gasteiger partial charge in [0, 0.05) is 93.9 Å². The van der Waals surface area contributed by atoms with Crippen molar-refractivity contribution in [3.8, 4) is 198 Å². The first-order chi connectivity index (χ1) is 72.7. The van der Waals surface area contributed by atoms with Gasteiger partial charge >= 0.3 is 0 Å². The summed E-state index contributed by atoms with van der Waals surface area (Å²) in [5, 5.41) is 2.52. The first-order valence-electron chi connectivity index (χ1n) is 49.2. The summed E-state index contributed by atoms with van der Waals surface area (Å²) in [5.41, 5.74) is 29.8. The van der Waals surface area contributed by atoms with Crippen molar-refractivity contribution in [1.29, 1.82) is 0 Å². The summed E-state index contributed by atoms with van der Waals surface area (Å²) in [6.45, 7) is 9.10. The molecule has 6 heterocycles. The lowest BCUT2D eigenvalue weighted by atomic mass is 9.82. The van der Waals surface area contributed by atoms with Gasteiger partial charge in [-0.15, -0.1) is 0 Å². The Balaban J connectivity index is 0.000000123. The number of halogens is 2. The molecule has 0 bridgehead atoms. The molecule has 27 rings (SSSR count). The first-order valence-corrected chi connectivity index (χ1v) is 49.5. The van der Waals surface area contributed by atoms with E-state index in [1.54, 1.807) is 12.1 Å². The average molecular weight is 1930 g/mol. The van der Waals surface area contributed by atoms with Crippen molar-refractivity contribution in [3.05, 3.63) is 506 Å². The Morgan fingerprint density at radius 2 is 0.432 bits per heavy atom. The number of para-hydroxylation sites is 2. The number of benzene rings is 18. The van der Waals surface area contributed by atoms with Gasteiger partial charge in [0.25, 0.3) is 0 Å². The van der Waals surface area contributed by atoms with Gasteiger partial charge < -0.3 is 4.57 Å². The van der Waals surface area contributed by atoms with Gasteiger partial charge in [0.15, 0.2) is 81.5 Å². The predicted octanol–water partition coefficient (Wildman–Crippen LogP) is 31.1. The highest BCUT2D eigenvalue weighted by atomic mass is 35.5. The summed E-state index contributed by atoms with van der Waals surface area (Å²) in [7, 11) is 0. The van der Waals surface area contributed by atoms with Crippen molar-refractivity contribution in [2.75, 3.05) is 0 Å². The monoisotopic (exact) mass is 1930 g/mol. The van der Waals surface area contributed by atoms with Crippen molar-refractivity contribution in [3.63, 3.8) is 0 Å². The maximum atomic E-state index is 15.9. The molecule has 0 radical (unpaired) electrons. The summed E-state index contributed by atoms with van der Waals surface area (Å²) in [4.78, 5) is 73.3. The molecule has 0 unspecified atom stereocenters. The van der Waals surface area contributed by atoms with Gasteiger partial charge in [0.05, 0.1) is 22.3 Å². The minimum atomic E-state index is -0.467. The fraction of sp³-hybridized carbons (Fsp3) is 0.0538. The van der Waals surface area contributed by atoms with Gasteiger partial charge in [-0.2, -0.15) is 9.97 Å². The van der Waals surface area contributed by atoms with Gasteiger partial charge in [-0.25, -0.2) is 69.2 Å². The van der Waals surface area contributed by atoms with E-state index >= 15 is 4.39 Å². The fourth-order valence-electron chi connectivity index (χ4n) is 20.2. The number of rotatable bonds is 15. The van der Waals surface area contributed by atoms with Crippen molar-refractivity contribution in [2.24, 2.45) is 0 Å². The third kappa shape index (κ3) is 18.0. The van der Waals surface area contributed by atoms with Crippen LogP contribution in [0.15, 0.2) is 461 Å². The molecule has 0 fully saturated rings. The van der Waals surface area contributed by atoms with Crippen LogP contribution in [0.3, 0.4) is 0 Å². The number of fused-ring (bicyclic) bond motifs is 12. The van der Waals surface area contributed by atoms with E-state index in [9.17, 15) is 0 Å². The molecule has 18 aromatic carbocycles. The minimum absolute atomic E-state index is 0.181. The Labute approximate surface area is 860 Å². The summed E-state index contributed by atoms with van der Waals surface area (Å²) in [6.07, 6.45) is 1.10. The lowest BCUT2D eigenvalue weighted by Gasteiger charge is -2.21. The number of hydrogen-bond donors (Lipinski definition) is 0. The van der Waals surface area contributed by atoms with E-state index in [0.29, 0.717) is 81.3 Å². The van der Waals surface area contributed by atoms with Crippen molar-refractivity contribution >= 4 is 33.4 Å². The second-order valence-corrected chi connectivity index (χ2v) is 37.9. The van der Waals surface area contributed by atoms with Crippen LogP contribution in [0.25, 0.3) is 220 Å². The SMILES string of the molecule is CC1(C)c2ccccc2-c2ccc(-c3nc(-c4ccccc4)nc(-c4ccc(-n5c6ccccc6c6ccccc65)c(-c5nc(-c6ccccc6)nc(-c6ccccc6)n5)c4)n3)cc21.CC1(C)c2ccccc2-c2ccc(-c3nc(-c4ccccc4)nc(-c4ccc(F)c(-c5nc(-c6ccccc6)nc(-c6ccccc6)n5)c4)n3)cc21.Clc1nc(-c2ccccc2)nc(-c2ccccc2)n1.c1ccc2c(c1)Cc1ccccc1-2. The third-order valence-electron chi connectivity index (χ3n) is 27.6. The highest BCUT2D eigenvalue weighted by Gasteiger charge is 2.38. The second-order valence-electron chi connectivity index (χ2n) is 37.6. The highest BCUT2D eigenvalue weighted by Crippen LogP contribution is 2.52. The molecule has 0 amide bonds. The molecule has 16 nitrogen and oxygen atoms in total. The molecular formula is C130H90ClFN16. The van der Waals surface area contributed by atoms with Gasteiger partial charge in [-0.05, 0) is 145 Å². The molecule has 24 aromatic rings. The Bertz CT molecular complexity index is 8870. The Morgan fingerprint density at radius 1 is 0.196 bits per heavy atom. The predicted molar refractivity (Wildman–Crippen MR) is 591 cm³/mol. The fourth-order valence-corrected chi connectivity index (χ4v) is 20.3. The maximum absolute atomic E-state index is 15.9. The normalized spacial score (nSPS) is 12.3. The zero-order chi connectivity index (χ0) is 99.8. The van der Waals surface area contributed by atoms with Crippen molar-refractivity contribution in [1.82, 2.24) is 79.3 Å². The Kier molecular flexibility index (Phi) is 24.4. The van der Waals surface area contributed by atoms with Crippen LogP contribution in [-0.4, -0.2) is 79.3 Å². The van der Waals surface area contributed by atoms with E-state index in [1.807, 2.05) is 243 Å². The summed E-state index contributed by atoms with van der Waals surface area (Å²) in [5.74, 6) is 6.70. The smallest absolute Gasteiger partial charge is 0.226 e. The summed E-state index contributed by atoms with van der Waals surface area (Å²) < 4.78 is 18.2. The van der Waals surface area contributed by atoms with Crippen LogP contribution in [0.4, 0.5) is 4.39 Å². The van der Waals surface area contributed by atoms with E-state index in [4.69, 9.17) is 71.4 Å². The van der Waals surface area contributed by atoms with E-state index < -0.39 is 5.82 Å². The van der Waals surface area contributed by atoms with Gasteiger partial charge in [-0.3, -0.25) is 0 Å². The minimum Gasteiger partial charge on any atom is -0.309 e.